The topological polar surface area (TPSA) is 46.5 Å². The first kappa shape index (κ1) is 15.2. The summed E-state index contributed by atoms with van der Waals surface area (Å²) in [6.07, 6.45) is 1.13. The van der Waals surface area contributed by atoms with Crippen molar-refractivity contribution in [3.63, 3.8) is 0 Å². The molecule has 0 aliphatic heterocycles. The Morgan fingerprint density at radius 3 is 2.44 bits per heavy atom. The van der Waals surface area contributed by atoms with Gasteiger partial charge in [-0.1, -0.05) is 19.9 Å². The van der Waals surface area contributed by atoms with Crippen LogP contribution in [0.25, 0.3) is 0 Å². The van der Waals surface area contributed by atoms with Crippen molar-refractivity contribution in [1.82, 2.24) is 0 Å². The molecule has 0 aromatic heterocycles. The van der Waals surface area contributed by atoms with Gasteiger partial charge in [0.1, 0.15) is 11.4 Å². The van der Waals surface area contributed by atoms with Gasteiger partial charge >= 0.3 is 0 Å². The van der Waals surface area contributed by atoms with E-state index >= 15 is 0 Å². The number of ether oxygens (including phenoxy) is 1. The SMILES string of the molecule is CCC(O)(CC)C(=O)Cc1ccc(OC)c(Br)c1. The molecular weight excluding hydrogens is 296 g/mol. The summed E-state index contributed by atoms with van der Waals surface area (Å²) in [5.41, 5.74) is -0.333. The minimum Gasteiger partial charge on any atom is -0.496 e. The second-order valence-corrected chi connectivity index (χ2v) is 5.16. The van der Waals surface area contributed by atoms with Crippen molar-refractivity contribution in [3.8, 4) is 5.75 Å². The molecule has 0 aliphatic rings. The van der Waals surface area contributed by atoms with Crippen molar-refractivity contribution in [1.29, 1.82) is 0 Å². The summed E-state index contributed by atoms with van der Waals surface area (Å²) in [6.45, 7) is 3.65. The molecule has 0 bridgehead atoms. The largest absolute Gasteiger partial charge is 0.496 e. The van der Waals surface area contributed by atoms with Gasteiger partial charge in [0.05, 0.1) is 11.6 Å². The monoisotopic (exact) mass is 314 g/mol. The molecule has 0 fully saturated rings. The molecule has 1 N–H and O–H groups in total. The molecule has 0 atom stereocenters. The molecule has 0 heterocycles. The van der Waals surface area contributed by atoms with Gasteiger partial charge in [-0.05, 0) is 46.5 Å². The number of hydrogen-bond donors (Lipinski definition) is 1. The van der Waals surface area contributed by atoms with Crippen LogP contribution in [-0.2, 0) is 11.2 Å². The zero-order valence-electron chi connectivity index (χ0n) is 11.0. The first-order valence-corrected chi connectivity index (χ1v) is 6.84. The van der Waals surface area contributed by atoms with Gasteiger partial charge in [-0.25, -0.2) is 0 Å². The fourth-order valence-electron chi connectivity index (χ4n) is 1.81. The van der Waals surface area contributed by atoms with Crippen molar-refractivity contribution in [2.75, 3.05) is 7.11 Å². The maximum atomic E-state index is 12.1. The Kier molecular flexibility index (Phi) is 5.35. The number of aliphatic hydroxyl groups is 1. The van der Waals surface area contributed by atoms with Crippen molar-refractivity contribution >= 4 is 21.7 Å². The van der Waals surface area contributed by atoms with Gasteiger partial charge in [-0.2, -0.15) is 0 Å². The zero-order chi connectivity index (χ0) is 13.8. The molecule has 0 amide bonds. The first-order valence-electron chi connectivity index (χ1n) is 6.05. The van der Waals surface area contributed by atoms with Crippen molar-refractivity contribution in [3.05, 3.63) is 28.2 Å². The number of carbonyl (C=O) groups is 1. The van der Waals surface area contributed by atoms with Crippen LogP contribution < -0.4 is 4.74 Å². The minimum absolute atomic E-state index is 0.135. The molecule has 3 nitrogen and oxygen atoms in total. The first-order chi connectivity index (χ1) is 8.46. The molecular formula is C14H19BrO3. The smallest absolute Gasteiger partial charge is 0.168 e. The quantitative estimate of drug-likeness (QED) is 0.877. The Balaban J connectivity index is 2.85. The van der Waals surface area contributed by atoms with E-state index in [1.807, 2.05) is 32.0 Å². The molecule has 1 rings (SSSR count). The molecule has 1 aromatic carbocycles. The number of methoxy groups -OCH3 is 1. The molecule has 0 radical (unpaired) electrons. The predicted molar refractivity (Wildman–Crippen MR) is 74.9 cm³/mol. The summed E-state index contributed by atoms with van der Waals surface area (Å²) in [6, 6.07) is 5.50. The van der Waals surface area contributed by atoms with Crippen molar-refractivity contribution in [2.45, 2.75) is 38.7 Å². The molecule has 0 aliphatic carbocycles. The van der Waals surface area contributed by atoms with E-state index in [-0.39, 0.29) is 12.2 Å². The molecule has 0 saturated heterocycles. The van der Waals surface area contributed by atoms with Crippen LogP contribution in [0.15, 0.2) is 22.7 Å². The Hall–Kier alpha value is -0.870. The second kappa shape index (κ2) is 6.34. The Morgan fingerprint density at radius 2 is 2.00 bits per heavy atom. The normalized spacial score (nSPS) is 11.4. The summed E-state index contributed by atoms with van der Waals surface area (Å²) in [4.78, 5) is 12.1. The summed E-state index contributed by atoms with van der Waals surface area (Å²) < 4.78 is 5.95. The highest BCUT2D eigenvalue weighted by molar-refractivity contribution is 9.10. The predicted octanol–water partition coefficient (Wildman–Crippen LogP) is 3.12. The van der Waals surface area contributed by atoms with E-state index in [2.05, 4.69) is 15.9 Å². The molecule has 100 valence electrons. The van der Waals surface area contributed by atoms with Crippen LogP contribution in [-0.4, -0.2) is 23.6 Å². The zero-order valence-corrected chi connectivity index (χ0v) is 12.6. The van der Waals surface area contributed by atoms with E-state index < -0.39 is 5.60 Å². The van der Waals surface area contributed by atoms with Gasteiger partial charge in [0.15, 0.2) is 5.78 Å². The Morgan fingerprint density at radius 1 is 1.39 bits per heavy atom. The number of ketones is 1. The van der Waals surface area contributed by atoms with Gasteiger partial charge in [0.2, 0.25) is 0 Å². The summed E-state index contributed by atoms with van der Waals surface area (Å²) >= 11 is 3.38. The van der Waals surface area contributed by atoms with E-state index in [9.17, 15) is 9.90 Å². The average molecular weight is 315 g/mol. The van der Waals surface area contributed by atoms with Crippen LogP contribution in [0.1, 0.15) is 32.3 Å². The molecule has 0 unspecified atom stereocenters. The maximum absolute atomic E-state index is 12.1. The number of rotatable bonds is 6. The molecule has 0 spiro atoms. The lowest BCUT2D eigenvalue weighted by atomic mass is 9.88. The van der Waals surface area contributed by atoms with Gasteiger partial charge in [-0.3, -0.25) is 4.79 Å². The van der Waals surface area contributed by atoms with Crippen molar-refractivity contribution < 1.29 is 14.6 Å². The van der Waals surface area contributed by atoms with Gasteiger partial charge in [0.25, 0.3) is 0 Å². The van der Waals surface area contributed by atoms with Crippen LogP contribution in [0.5, 0.6) is 5.75 Å². The maximum Gasteiger partial charge on any atom is 0.168 e. The van der Waals surface area contributed by atoms with Crippen LogP contribution in [0.3, 0.4) is 0 Å². The molecule has 18 heavy (non-hydrogen) atoms. The average Bonchev–Trinajstić information content (AvgIpc) is 2.38. The third-order valence-corrected chi connectivity index (χ3v) is 3.89. The number of hydrogen-bond acceptors (Lipinski definition) is 3. The van der Waals surface area contributed by atoms with Crippen LogP contribution in [0.4, 0.5) is 0 Å². The number of carbonyl (C=O) groups excluding carboxylic acids is 1. The lowest BCUT2D eigenvalue weighted by molar-refractivity contribution is -0.137. The van der Waals surface area contributed by atoms with E-state index in [1.165, 1.54) is 0 Å². The number of Topliss-reactive ketones (excluding diaryl/α,β-unsaturated/α-hetero) is 1. The molecule has 1 aromatic rings. The summed E-state index contributed by atoms with van der Waals surface area (Å²) in [5, 5.41) is 10.1. The van der Waals surface area contributed by atoms with Gasteiger partial charge in [0, 0.05) is 6.42 Å². The van der Waals surface area contributed by atoms with E-state index in [4.69, 9.17) is 4.74 Å². The summed E-state index contributed by atoms with van der Waals surface area (Å²) in [7, 11) is 1.60. The third-order valence-electron chi connectivity index (χ3n) is 3.27. The Bertz CT molecular complexity index is 425. The summed E-state index contributed by atoms with van der Waals surface area (Å²) in [5.74, 6) is 0.594. The highest BCUT2D eigenvalue weighted by Gasteiger charge is 2.31. The van der Waals surface area contributed by atoms with E-state index in [1.54, 1.807) is 7.11 Å². The Labute approximate surface area is 116 Å². The molecule has 4 heteroatoms. The fraction of sp³-hybridized carbons (Fsp3) is 0.500. The van der Waals surface area contributed by atoms with Gasteiger partial charge < -0.3 is 9.84 Å². The number of benzene rings is 1. The standard InChI is InChI=1S/C14H19BrO3/c1-4-14(17,5-2)13(16)9-10-6-7-12(18-3)11(15)8-10/h6-8,17H,4-5,9H2,1-3H3. The van der Waals surface area contributed by atoms with Gasteiger partial charge in [-0.15, -0.1) is 0 Å². The van der Waals surface area contributed by atoms with Crippen LogP contribution >= 0.6 is 15.9 Å². The van der Waals surface area contributed by atoms with E-state index in [0.29, 0.717) is 12.8 Å². The number of halogens is 1. The second-order valence-electron chi connectivity index (χ2n) is 4.31. The highest BCUT2D eigenvalue weighted by atomic mass is 79.9. The molecule has 0 saturated carbocycles. The van der Waals surface area contributed by atoms with E-state index in [0.717, 1.165) is 15.8 Å². The lowest BCUT2D eigenvalue weighted by Crippen LogP contribution is -2.38. The minimum atomic E-state index is -1.20. The lowest BCUT2D eigenvalue weighted by Gasteiger charge is -2.23. The fourth-order valence-corrected chi connectivity index (χ4v) is 2.40. The third kappa shape index (κ3) is 3.33. The van der Waals surface area contributed by atoms with Crippen LogP contribution in [0, 0.1) is 0 Å². The van der Waals surface area contributed by atoms with Crippen LogP contribution in [0.2, 0.25) is 0 Å². The van der Waals surface area contributed by atoms with Crippen molar-refractivity contribution in [2.24, 2.45) is 0 Å². The highest BCUT2D eigenvalue weighted by Crippen LogP contribution is 2.27.